The first-order chi connectivity index (χ1) is 9.99. The normalized spacial score (nSPS) is 16.9. The van der Waals surface area contributed by atoms with Gasteiger partial charge in [0, 0.05) is 11.1 Å². The Kier molecular flexibility index (Phi) is 3.90. The highest BCUT2D eigenvalue weighted by Gasteiger charge is 2.39. The number of fused-ring (bicyclic) bond motifs is 1. The molecular weight excluding hydrogens is 278 g/mol. The van der Waals surface area contributed by atoms with E-state index in [0.29, 0.717) is 11.3 Å². The van der Waals surface area contributed by atoms with Crippen LogP contribution >= 0.6 is 0 Å². The number of hydrogen-bond donors (Lipinski definition) is 0. The van der Waals surface area contributed by atoms with Crippen molar-refractivity contribution in [2.24, 2.45) is 5.41 Å². The third kappa shape index (κ3) is 3.38. The number of imide groups is 1. The highest BCUT2D eigenvalue weighted by atomic mass is 16.6. The van der Waals surface area contributed by atoms with E-state index in [2.05, 4.69) is 0 Å². The standard InChI is InChI=1S/C18H23NO3/c1-17(2,3)11-13-12-9-7-8-10-14(12)19(15(13)20)16(21)22-18(4,5)6/h7-11H,1-6H3/b13-11-. The quantitative estimate of drug-likeness (QED) is 0.667. The summed E-state index contributed by atoms with van der Waals surface area (Å²) in [4.78, 5) is 26.2. The van der Waals surface area contributed by atoms with E-state index >= 15 is 0 Å². The molecule has 0 bridgehead atoms. The predicted octanol–water partition coefficient (Wildman–Crippen LogP) is 4.40. The topological polar surface area (TPSA) is 46.6 Å². The molecule has 1 aliphatic rings. The number of nitrogens with zero attached hydrogens (tertiary/aromatic N) is 1. The van der Waals surface area contributed by atoms with Crippen LogP contribution in [0.5, 0.6) is 0 Å². The van der Waals surface area contributed by atoms with Gasteiger partial charge in [-0.1, -0.05) is 45.0 Å². The van der Waals surface area contributed by atoms with Crippen LogP contribution in [0.25, 0.3) is 5.57 Å². The van der Waals surface area contributed by atoms with E-state index in [1.165, 1.54) is 0 Å². The number of rotatable bonds is 0. The molecule has 0 radical (unpaired) electrons. The van der Waals surface area contributed by atoms with E-state index in [-0.39, 0.29) is 11.3 Å². The fourth-order valence-electron chi connectivity index (χ4n) is 2.30. The predicted molar refractivity (Wildman–Crippen MR) is 87.6 cm³/mol. The smallest absolute Gasteiger partial charge is 0.422 e. The minimum Gasteiger partial charge on any atom is -0.443 e. The van der Waals surface area contributed by atoms with Crippen LogP contribution in [0.4, 0.5) is 10.5 Å². The summed E-state index contributed by atoms with van der Waals surface area (Å²) in [5.41, 5.74) is 1.09. The molecule has 118 valence electrons. The van der Waals surface area contributed by atoms with E-state index in [4.69, 9.17) is 4.74 Å². The van der Waals surface area contributed by atoms with Crippen molar-refractivity contribution in [1.29, 1.82) is 0 Å². The third-order valence-electron chi connectivity index (χ3n) is 3.02. The molecule has 0 N–H and O–H groups in total. The van der Waals surface area contributed by atoms with Crippen LogP contribution in [0.15, 0.2) is 30.3 Å². The molecule has 4 heteroatoms. The number of ether oxygens (including phenoxy) is 1. The van der Waals surface area contributed by atoms with Crippen LogP contribution in [-0.2, 0) is 9.53 Å². The minimum absolute atomic E-state index is 0.165. The second kappa shape index (κ2) is 5.27. The maximum atomic E-state index is 12.7. The van der Waals surface area contributed by atoms with Gasteiger partial charge in [-0.15, -0.1) is 0 Å². The monoisotopic (exact) mass is 301 g/mol. The van der Waals surface area contributed by atoms with E-state index in [9.17, 15) is 9.59 Å². The Hall–Kier alpha value is -2.10. The zero-order chi connectivity index (χ0) is 16.7. The fourth-order valence-corrected chi connectivity index (χ4v) is 2.30. The van der Waals surface area contributed by atoms with Gasteiger partial charge in [0.05, 0.1) is 5.69 Å². The van der Waals surface area contributed by atoms with Gasteiger partial charge in [-0.2, -0.15) is 0 Å². The molecule has 2 amide bonds. The Morgan fingerprint density at radius 2 is 1.68 bits per heavy atom. The Bertz CT molecular complexity index is 645. The van der Waals surface area contributed by atoms with Crippen molar-refractivity contribution in [2.45, 2.75) is 47.1 Å². The minimum atomic E-state index is -0.650. The van der Waals surface area contributed by atoms with Gasteiger partial charge >= 0.3 is 6.09 Å². The molecule has 0 unspecified atom stereocenters. The SMILES string of the molecule is CC(C)(C)/C=C1\C(=O)N(C(=O)OC(C)(C)C)c2ccccc21. The zero-order valence-corrected chi connectivity index (χ0v) is 14.1. The van der Waals surface area contributed by atoms with Gasteiger partial charge < -0.3 is 4.74 Å². The van der Waals surface area contributed by atoms with Crippen molar-refractivity contribution in [3.05, 3.63) is 35.9 Å². The molecule has 0 aliphatic carbocycles. The average molecular weight is 301 g/mol. The number of carbonyl (C=O) groups excluding carboxylic acids is 2. The van der Waals surface area contributed by atoms with E-state index in [1.807, 2.05) is 45.0 Å². The lowest BCUT2D eigenvalue weighted by atomic mass is 9.91. The second-order valence-electron chi connectivity index (χ2n) is 7.56. The number of para-hydroxylation sites is 1. The Morgan fingerprint density at radius 3 is 2.23 bits per heavy atom. The van der Waals surface area contributed by atoms with Crippen LogP contribution in [0, 0.1) is 5.41 Å². The van der Waals surface area contributed by atoms with Crippen molar-refractivity contribution in [3.63, 3.8) is 0 Å². The Balaban J connectivity index is 2.49. The van der Waals surface area contributed by atoms with Crippen LogP contribution in [0.2, 0.25) is 0 Å². The molecule has 1 aromatic carbocycles. The summed E-state index contributed by atoms with van der Waals surface area (Å²) in [6, 6.07) is 7.29. The van der Waals surface area contributed by atoms with Crippen LogP contribution in [-0.4, -0.2) is 17.6 Å². The summed E-state index contributed by atoms with van der Waals surface area (Å²) in [5, 5.41) is 0. The van der Waals surface area contributed by atoms with E-state index in [0.717, 1.165) is 10.5 Å². The molecule has 0 fully saturated rings. The molecule has 1 aliphatic heterocycles. The summed E-state index contributed by atoms with van der Waals surface area (Å²) in [6.45, 7) is 11.4. The first-order valence-electron chi connectivity index (χ1n) is 7.39. The number of benzene rings is 1. The summed E-state index contributed by atoms with van der Waals surface area (Å²) >= 11 is 0. The first-order valence-corrected chi connectivity index (χ1v) is 7.39. The third-order valence-corrected chi connectivity index (χ3v) is 3.02. The number of anilines is 1. The van der Waals surface area contributed by atoms with E-state index < -0.39 is 11.7 Å². The highest BCUT2D eigenvalue weighted by Crippen LogP contribution is 2.39. The summed E-state index contributed by atoms with van der Waals surface area (Å²) in [7, 11) is 0. The molecule has 0 spiro atoms. The molecule has 0 saturated heterocycles. The summed E-state index contributed by atoms with van der Waals surface area (Å²) < 4.78 is 5.37. The van der Waals surface area contributed by atoms with Gasteiger partial charge in [-0.3, -0.25) is 4.79 Å². The summed E-state index contributed by atoms with van der Waals surface area (Å²) in [6.07, 6.45) is 1.26. The number of amides is 2. The number of allylic oxidation sites excluding steroid dienone is 1. The Labute approximate surface area is 131 Å². The largest absolute Gasteiger partial charge is 0.443 e. The number of hydrogen-bond acceptors (Lipinski definition) is 3. The van der Waals surface area contributed by atoms with Crippen molar-refractivity contribution >= 4 is 23.3 Å². The maximum absolute atomic E-state index is 12.7. The molecule has 1 heterocycles. The average Bonchev–Trinajstić information content (AvgIpc) is 2.59. The van der Waals surface area contributed by atoms with Crippen LogP contribution in [0.1, 0.15) is 47.1 Å². The van der Waals surface area contributed by atoms with Gasteiger partial charge in [-0.05, 0) is 32.3 Å². The van der Waals surface area contributed by atoms with Crippen molar-refractivity contribution in [3.8, 4) is 0 Å². The zero-order valence-electron chi connectivity index (χ0n) is 14.1. The molecule has 0 aromatic heterocycles. The van der Waals surface area contributed by atoms with Crippen molar-refractivity contribution in [1.82, 2.24) is 0 Å². The molecular formula is C18H23NO3. The molecule has 2 rings (SSSR count). The van der Waals surface area contributed by atoms with Crippen LogP contribution < -0.4 is 4.90 Å². The van der Waals surface area contributed by atoms with Gasteiger partial charge in [0.1, 0.15) is 5.60 Å². The van der Waals surface area contributed by atoms with Gasteiger partial charge in [0.15, 0.2) is 0 Å². The van der Waals surface area contributed by atoms with E-state index in [1.54, 1.807) is 26.8 Å². The number of carbonyl (C=O) groups is 2. The second-order valence-corrected chi connectivity index (χ2v) is 7.56. The first kappa shape index (κ1) is 16.3. The maximum Gasteiger partial charge on any atom is 0.422 e. The van der Waals surface area contributed by atoms with Crippen molar-refractivity contribution < 1.29 is 14.3 Å². The molecule has 0 atom stereocenters. The fraction of sp³-hybridized carbons (Fsp3) is 0.444. The Morgan fingerprint density at radius 1 is 1.09 bits per heavy atom. The molecule has 0 saturated carbocycles. The van der Waals surface area contributed by atoms with Gasteiger partial charge in [-0.25, -0.2) is 9.69 Å². The van der Waals surface area contributed by atoms with Gasteiger partial charge in [0.25, 0.3) is 5.91 Å². The molecule has 22 heavy (non-hydrogen) atoms. The highest BCUT2D eigenvalue weighted by molar-refractivity contribution is 6.39. The lowest BCUT2D eigenvalue weighted by molar-refractivity contribution is -0.112. The van der Waals surface area contributed by atoms with Crippen LogP contribution in [0.3, 0.4) is 0 Å². The summed E-state index contributed by atoms with van der Waals surface area (Å²) in [5.74, 6) is -0.328. The lowest BCUT2D eigenvalue weighted by Gasteiger charge is -2.23. The van der Waals surface area contributed by atoms with Gasteiger partial charge in [0.2, 0.25) is 0 Å². The molecule has 1 aromatic rings. The lowest BCUT2D eigenvalue weighted by Crippen LogP contribution is -2.38. The molecule has 4 nitrogen and oxygen atoms in total. The van der Waals surface area contributed by atoms with Crippen molar-refractivity contribution in [2.75, 3.05) is 4.90 Å².